The van der Waals surface area contributed by atoms with Crippen LogP contribution >= 0.6 is 11.6 Å². The normalized spacial score (nSPS) is 9.81. The molecule has 142 valence electrons. The van der Waals surface area contributed by atoms with Crippen molar-refractivity contribution in [3.63, 3.8) is 0 Å². The van der Waals surface area contributed by atoms with E-state index in [4.69, 9.17) is 25.8 Å². The number of esters is 1. The lowest BCUT2D eigenvalue weighted by Gasteiger charge is -2.09. The van der Waals surface area contributed by atoms with Crippen molar-refractivity contribution in [1.29, 1.82) is 0 Å². The molecule has 0 bridgehead atoms. The summed E-state index contributed by atoms with van der Waals surface area (Å²) in [4.78, 5) is 34.6. The SMILES string of the molecule is O=C(COC(=O)COc1ccccc1)NNC(=O)COc1ccc(Cl)cc1. The maximum atomic E-state index is 11.6. The van der Waals surface area contributed by atoms with E-state index in [9.17, 15) is 14.4 Å². The van der Waals surface area contributed by atoms with Gasteiger partial charge in [0, 0.05) is 5.02 Å². The smallest absolute Gasteiger partial charge is 0.344 e. The van der Waals surface area contributed by atoms with E-state index >= 15 is 0 Å². The molecule has 2 rings (SSSR count). The molecule has 0 radical (unpaired) electrons. The molecule has 2 amide bonds. The van der Waals surface area contributed by atoms with Crippen molar-refractivity contribution >= 4 is 29.4 Å². The van der Waals surface area contributed by atoms with E-state index in [2.05, 4.69) is 10.9 Å². The average molecular weight is 393 g/mol. The van der Waals surface area contributed by atoms with Gasteiger partial charge < -0.3 is 14.2 Å². The second kappa shape index (κ2) is 10.7. The van der Waals surface area contributed by atoms with E-state index < -0.39 is 24.4 Å². The molecule has 0 heterocycles. The number of carbonyl (C=O) groups excluding carboxylic acids is 3. The summed E-state index contributed by atoms with van der Waals surface area (Å²) < 4.78 is 15.1. The predicted molar refractivity (Wildman–Crippen MR) is 96.1 cm³/mol. The minimum Gasteiger partial charge on any atom is -0.484 e. The van der Waals surface area contributed by atoms with Gasteiger partial charge in [-0.05, 0) is 36.4 Å². The number of nitrogens with one attached hydrogen (secondary N) is 2. The van der Waals surface area contributed by atoms with Gasteiger partial charge in [0.2, 0.25) is 0 Å². The Hall–Kier alpha value is -3.26. The van der Waals surface area contributed by atoms with Crippen molar-refractivity contribution in [1.82, 2.24) is 10.9 Å². The second-order valence-electron chi connectivity index (χ2n) is 5.10. The summed E-state index contributed by atoms with van der Waals surface area (Å²) in [5.74, 6) is -1.05. The number of amides is 2. The maximum absolute atomic E-state index is 11.6. The molecule has 0 fully saturated rings. The molecule has 0 saturated heterocycles. The fourth-order valence-electron chi connectivity index (χ4n) is 1.74. The van der Waals surface area contributed by atoms with Crippen LogP contribution < -0.4 is 20.3 Å². The number of benzene rings is 2. The Labute approximate surface area is 160 Å². The van der Waals surface area contributed by atoms with Crippen molar-refractivity contribution in [2.75, 3.05) is 19.8 Å². The number of halogens is 1. The zero-order chi connectivity index (χ0) is 19.5. The molecule has 0 unspecified atom stereocenters. The molecule has 0 aliphatic carbocycles. The van der Waals surface area contributed by atoms with E-state index in [0.717, 1.165) is 0 Å². The number of hydrogen-bond acceptors (Lipinski definition) is 6. The summed E-state index contributed by atoms with van der Waals surface area (Å²) in [5.41, 5.74) is 4.23. The molecule has 0 aliphatic rings. The number of hydrazine groups is 1. The standard InChI is InChI=1S/C18H17ClN2O6/c19-13-6-8-15(9-7-13)25-10-16(22)20-21-17(23)11-27-18(24)12-26-14-4-2-1-3-5-14/h1-9H,10-12H2,(H,20,22)(H,21,23). The fraction of sp³-hybridized carbons (Fsp3) is 0.167. The summed E-state index contributed by atoms with van der Waals surface area (Å²) in [6.07, 6.45) is 0. The van der Waals surface area contributed by atoms with Gasteiger partial charge >= 0.3 is 5.97 Å². The Morgan fingerprint density at radius 2 is 1.30 bits per heavy atom. The molecule has 0 atom stereocenters. The third kappa shape index (κ3) is 8.10. The van der Waals surface area contributed by atoms with Gasteiger partial charge in [0.25, 0.3) is 11.8 Å². The van der Waals surface area contributed by atoms with Crippen LogP contribution in [0.4, 0.5) is 0 Å². The predicted octanol–water partition coefficient (Wildman–Crippen LogP) is 1.49. The second-order valence-corrected chi connectivity index (χ2v) is 5.54. The van der Waals surface area contributed by atoms with Crippen molar-refractivity contribution < 1.29 is 28.6 Å². The third-order valence-corrected chi connectivity index (χ3v) is 3.24. The van der Waals surface area contributed by atoms with Crippen LogP contribution in [0.15, 0.2) is 54.6 Å². The van der Waals surface area contributed by atoms with Gasteiger partial charge in [-0.25, -0.2) is 4.79 Å². The van der Waals surface area contributed by atoms with Gasteiger partial charge in [0.1, 0.15) is 11.5 Å². The van der Waals surface area contributed by atoms with Crippen LogP contribution in [0, 0.1) is 0 Å². The monoisotopic (exact) mass is 392 g/mol. The Bertz CT molecular complexity index is 767. The quantitative estimate of drug-likeness (QED) is 0.521. The molecule has 0 saturated carbocycles. The highest BCUT2D eigenvalue weighted by Crippen LogP contribution is 2.15. The van der Waals surface area contributed by atoms with E-state index in [-0.39, 0.29) is 13.2 Å². The highest BCUT2D eigenvalue weighted by atomic mass is 35.5. The molecule has 2 N–H and O–H groups in total. The molecule has 27 heavy (non-hydrogen) atoms. The third-order valence-electron chi connectivity index (χ3n) is 2.99. The molecule has 2 aromatic rings. The summed E-state index contributed by atoms with van der Waals surface area (Å²) in [7, 11) is 0. The van der Waals surface area contributed by atoms with Crippen LogP contribution in [-0.2, 0) is 19.1 Å². The highest BCUT2D eigenvalue weighted by Gasteiger charge is 2.10. The fourth-order valence-corrected chi connectivity index (χ4v) is 1.86. The van der Waals surface area contributed by atoms with Crippen LogP contribution in [-0.4, -0.2) is 37.6 Å². The van der Waals surface area contributed by atoms with Gasteiger partial charge in [0.15, 0.2) is 19.8 Å². The van der Waals surface area contributed by atoms with Crippen LogP contribution in [0.2, 0.25) is 5.02 Å². The molecular weight excluding hydrogens is 376 g/mol. The number of hydrogen-bond donors (Lipinski definition) is 2. The minimum atomic E-state index is -0.716. The first kappa shape index (κ1) is 20.1. The van der Waals surface area contributed by atoms with Gasteiger partial charge in [0.05, 0.1) is 0 Å². The van der Waals surface area contributed by atoms with Crippen LogP contribution in [0.1, 0.15) is 0 Å². The number of ether oxygens (including phenoxy) is 3. The summed E-state index contributed by atoms with van der Waals surface area (Å²) >= 11 is 5.74. The van der Waals surface area contributed by atoms with E-state index in [0.29, 0.717) is 16.5 Å². The van der Waals surface area contributed by atoms with Crippen molar-refractivity contribution in [3.8, 4) is 11.5 Å². The molecule has 8 nitrogen and oxygen atoms in total. The molecule has 0 aliphatic heterocycles. The number of para-hydroxylation sites is 1. The van der Waals surface area contributed by atoms with E-state index in [1.165, 1.54) is 0 Å². The maximum Gasteiger partial charge on any atom is 0.344 e. The van der Waals surface area contributed by atoms with Crippen molar-refractivity contribution in [2.24, 2.45) is 0 Å². The van der Waals surface area contributed by atoms with Crippen LogP contribution in [0.3, 0.4) is 0 Å². The topological polar surface area (TPSA) is 103 Å². The van der Waals surface area contributed by atoms with E-state index in [1.807, 2.05) is 6.07 Å². The molecule has 0 aromatic heterocycles. The van der Waals surface area contributed by atoms with Gasteiger partial charge in [-0.1, -0.05) is 29.8 Å². The largest absolute Gasteiger partial charge is 0.484 e. The molecular formula is C18H17ClN2O6. The lowest BCUT2D eigenvalue weighted by atomic mass is 10.3. The summed E-state index contributed by atoms with van der Waals surface area (Å²) in [6, 6.07) is 15.1. The number of rotatable bonds is 8. The Balaban J connectivity index is 1.57. The lowest BCUT2D eigenvalue weighted by molar-refractivity contribution is -0.150. The van der Waals surface area contributed by atoms with Gasteiger partial charge in [-0.15, -0.1) is 0 Å². The highest BCUT2D eigenvalue weighted by molar-refractivity contribution is 6.30. The Kier molecular flexibility index (Phi) is 7.92. The Morgan fingerprint density at radius 3 is 1.96 bits per heavy atom. The lowest BCUT2D eigenvalue weighted by Crippen LogP contribution is -2.45. The number of carbonyl (C=O) groups is 3. The van der Waals surface area contributed by atoms with Crippen molar-refractivity contribution in [3.05, 3.63) is 59.6 Å². The molecule has 2 aromatic carbocycles. The first-order valence-electron chi connectivity index (χ1n) is 7.82. The van der Waals surface area contributed by atoms with Crippen LogP contribution in [0.5, 0.6) is 11.5 Å². The Morgan fingerprint density at radius 1 is 0.741 bits per heavy atom. The first-order chi connectivity index (χ1) is 13.0. The summed E-state index contributed by atoms with van der Waals surface area (Å²) in [5, 5.41) is 0.544. The zero-order valence-electron chi connectivity index (χ0n) is 14.1. The van der Waals surface area contributed by atoms with E-state index in [1.54, 1.807) is 48.5 Å². The zero-order valence-corrected chi connectivity index (χ0v) is 14.9. The average Bonchev–Trinajstić information content (AvgIpc) is 2.69. The molecule has 9 heteroatoms. The van der Waals surface area contributed by atoms with Gasteiger partial charge in [-0.3, -0.25) is 20.4 Å². The minimum absolute atomic E-state index is 0.313. The van der Waals surface area contributed by atoms with Gasteiger partial charge in [-0.2, -0.15) is 0 Å². The first-order valence-corrected chi connectivity index (χ1v) is 8.20. The summed E-state index contributed by atoms with van der Waals surface area (Å²) in [6.45, 7) is -1.21. The molecule has 0 spiro atoms. The van der Waals surface area contributed by atoms with Crippen LogP contribution in [0.25, 0.3) is 0 Å². The van der Waals surface area contributed by atoms with Crippen molar-refractivity contribution in [2.45, 2.75) is 0 Å².